The third kappa shape index (κ3) is 3.47. The standard InChI is InChI=1S/C11H22N2O2/c1-3-6-13-7-4-11(12-2,5-8-13)9-10(14)15/h12H,3-9H2,1-2H3,(H,14,15). The van der Waals surface area contributed by atoms with Crippen molar-refractivity contribution in [1.82, 2.24) is 10.2 Å². The third-order valence-electron chi connectivity index (χ3n) is 3.37. The lowest BCUT2D eigenvalue weighted by atomic mass is 9.84. The predicted molar refractivity (Wildman–Crippen MR) is 60.0 cm³/mol. The summed E-state index contributed by atoms with van der Waals surface area (Å²) in [5, 5.41) is 12.1. The highest BCUT2D eigenvalue weighted by Gasteiger charge is 2.34. The van der Waals surface area contributed by atoms with Crippen LogP contribution >= 0.6 is 0 Å². The van der Waals surface area contributed by atoms with Crippen LogP contribution in [-0.2, 0) is 4.79 Å². The Morgan fingerprint density at radius 1 is 1.47 bits per heavy atom. The van der Waals surface area contributed by atoms with E-state index in [-0.39, 0.29) is 12.0 Å². The van der Waals surface area contributed by atoms with Gasteiger partial charge in [0.1, 0.15) is 0 Å². The minimum atomic E-state index is -0.701. The van der Waals surface area contributed by atoms with Crippen molar-refractivity contribution in [3.63, 3.8) is 0 Å². The number of nitrogens with zero attached hydrogens (tertiary/aromatic N) is 1. The minimum Gasteiger partial charge on any atom is -0.481 e. The van der Waals surface area contributed by atoms with Crippen molar-refractivity contribution in [2.24, 2.45) is 0 Å². The molecule has 1 heterocycles. The molecule has 0 saturated carbocycles. The molecule has 0 aromatic rings. The van der Waals surface area contributed by atoms with Crippen LogP contribution in [-0.4, -0.2) is 48.2 Å². The van der Waals surface area contributed by atoms with Gasteiger partial charge >= 0.3 is 5.97 Å². The van der Waals surface area contributed by atoms with Crippen molar-refractivity contribution in [3.8, 4) is 0 Å². The number of carboxylic acid groups (broad SMARTS) is 1. The Morgan fingerprint density at radius 3 is 2.47 bits per heavy atom. The van der Waals surface area contributed by atoms with Crippen molar-refractivity contribution in [2.45, 2.75) is 38.1 Å². The van der Waals surface area contributed by atoms with Crippen LogP contribution in [0.2, 0.25) is 0 Å². The van der Waals surface area contributed by atoms with Gasteiger partial charge in [0.25, 0.3) is 0 Å². The van der Waals surface area contributed by atoms with Crippen LogP contribution in [0.4, 0.5) is 0 Å². The normalized spacial score (nSPS) is 21.5. The van der Waals surface area contributed by atoms with E-state index in [4.69, 9.17) is 5.11 Å². The number of carbonyl (C=O) groups is 1. The van der Waals surface area contributed by atoms with Crippen LogP contribution in [0.15, 0.2) is 0 Å². The molecule has 0 amide bonds. The second kappa shape index (κ2) is 5.47. The van der Waals surface area contributed by atoms with Gasteiger partial charge in [-0.3, -0.25) is 4.79 Å². The molecule has 0 bridgehead atoms. The van der Waals surface area contributed by atoms with Gasteiger partial charge in [0.2, 0.25) is 0 Å². The highest BCUT2D eigenvalue weighted by Crippen LogP contribution is 2.25. The zero-order valence-corrected chi connectivity index (χ0v) is 9.75. The number of aliphatic carboxylic acids is 1. The molecule has 1 aliphatic rings. The fraction of sp³-hybridized carbons (Fsp3) is 0.909. The van der Waals surface area contributed by atoms with E-state index in [1.807, 2.05) is 7.05 Å². The summed E-state index contributed by atoms with van der Waals surface area (Å²) < 4.78 is 0. The molecule has 1 saturated heterocycles. The van der Waals surface area contributed by atoms with Crippen LogP contribution in [0, 0.1) is 0 Å². The highest BCUT2D eigenvalue weighted by molar-refractivity contribution is 5.68. The first-order chi connectivity index (χ1) is 7.12. The number of rotatable bonds is 5. The molecule has 2 N–H and O–H groups in total. The summed E-state index contributed by atoms with van der Waals surface area (Å²) >= 11 is 0. The van der Waals surface area contributed by atoms with E-state index in [0.717, 1.165) is 32.5 Å². The van der Waals surface area contributed by atoms with Gasteiger partial charge < -0.3 is 15.3 Å². The van der Waals surface area contributed by atoms with Crippen LogP contribution in [0.1, 0.15) is 32.6 Å². The number of carboxylic acids is 1. The molecule has 0 aromatic heterocycles. The van der Waals surface area contributed by atoms with E-state index in [2.05, 4.69) is 17.1 Å². The molecule has 0 atom stereocenters. The largest absolute Gasteiger partial charge is 0.481 e. The Hall–Kier alpha value is -0.610. The molecule has 0 spiro atoms. The molecule has 0 aliphatic carbocycles. The molecule has 4 heteroatoms. The first kappa shape index (κ1) is 12.5. The van der Waals surface area contributed by atoms with Crippen LogP contribution in [0.3, 0.4) is 0 Å². The first-order valence-corrected chi connectivity index (χ1v) is 5.75. The SMILES string of the molecule is CCCN1CCC(CC(=O)O)(NC)CC1. The zero-order chi connectivity index (χ0) is 11.3. The number of nitrogens with one attached hydrogen (secondary N) is 1. The van der Waals surface area contributed by atoms with Crippen molar-refractivity contribution < 1.29 is 9.90 Å². The van der Waals surface area contributed by atoms with E-state index in [1.54, 1.807) is 0 Å². The monoisotopic (exact) mass is 214 g/mol. The van der Waals surface area contributed by atoms with Crippen molar-refractivity contribution in [2.75, 3.05) is 26.7 Å². The number of likely N-dealkylation sites (tertiary alicyclic amines) is 1. The maximum Gasteiger partial charge on any atom is 0.305 e. The molecule has 1 aliphatic heterocycles. The van der Waals surface area contributed by atoms with Gasteiger partial charge in [0.15, 0.2) is 0 Å². The molecule has 1 rings (SSSR count). The summed E-state index contributed by atoms with van der Waals surface area (Å²) in [6.45, 7) is 5.34. The van der Waals surface area contributed by atoms with Gasteiger partial charge in [-0.2, -0.15) is 0 Å². The lowest BCUT2D eigenvalue weighted by Crippen LogP contribution is -2.53. The van der Waals surface area contributed by atoms with E-state index in [1.165, 1.54) is 6.42 Å². The first-order valence-electron chi connectivity index (χ1n) is 5.75. The maximum absolute atomic E-state index is 10.8. The molecular formula is C11H22N2O2. The van der Waals surface area contributed by atoms with E-state index < -0.39 is 5.97 Å². The highest BCUT2D eigenvalue weighted by atomic mass is 16.4. The van der Waals surface area contributed by atoms with Gasteiger partial charge in [-0.25, -0.2) is 0 Å². The number of hydrogen-bond donors (Lipinski definition) is 2. The molecule has 0 unspecified atom stereocenters. The van der Waals surface area contributed by atoms with Gasteiger partial charge in [0, 0.05) is 5.54 Å². The van der Waals surface area contributed by atoms with Gasteiger partial charge in [-0.05, 0) is 45.9 Å². The lowest BCUT2D eigenvalue weighted by molar-refractivity contribution is -0.139. The molecule has 4 nitrogen and oxygen atoms in total. The van der Waals surface area contributed by atoms with E-state index >= 15 is 0 Å². The Balaban J connectivity index is 2.47. The third-order valence-corrected chi connectivity index (χ3v) is 3.37. The van der Waals surface area contributed by atoms with Crippen molar-refractivity contribution >= 4 is 5.97 Å². The molecule has 0 radical (unpaired) electrons. The Labute approximate surface area is 91.6 Å². The Morgan fingerprint density at radius 2 is 2.07 bits per heavy atom. The summed E-state index contributed by atoms with van der Waals surface area (Å²) in [4.78, 5) is 13.2. The summed E-state index contributed by atoms with van der Waals surface area (Å²) in [5.74, 6) is -0.701. The number of hydrogen-bond acceptors (Lipinski definition) is 3. The predicted octanol–water partition coefficient (Wildman–Crippen LogP) is 0.925. The quantitative estimate of drug-likeness (QED) is 0.714. The second-order valence-electron chi connectivity index (χ2n) is 4.44. The summed E-state index contributed by atoms with van der Waals surface area (Å²) in [6, 6.07) is 0. The smallest absolute Gasteiger partial charge is 0.305 e. The molecule has 1 fully saturated rings. The van der Waals surface area contributed by atoms with Crippen LogP contribution in [0.5, 0.6) is 0 Å². The van der Waals surface area contributed by atoms with E-state index in [9.17, 15) is 4.79 Å². The molecule has 88 valence electrons. The maximum atomic E-state index is 10.8. The van der Waals surface area contributed by atoms with Crippen LogP contribution < -0.4 is 5.32 Å². The average molecular weight is 214 g/mol. The van der Waals surface area contributed by atoms with Crippen molar-refractivity contribution in [3.05, 3.63) is 0 Å². The van der Waals surface area contributed by atoms with E-state index in [0.29, 0.717) is 0 Å². The second-order valence-corrected chi connectivity index (χ2v) is 4.44. The molecule has 0 aromatic carbocycles. The minimum absolute atomic E-state index is 0.171. The summed E-state index contributed by atoms with van der Waals surface area (Å²) in [6.07, 6.45) is 3.29. The topological polar surface area (TPSA) is 52.6 Å². The Bertz CT molecular complexity index is 211. The van der Waals surface area contributed by atoms with Crippen molar-refractivity contribution in [1.29, 1.82) is 0 Å². The summed E-state index contributed by atoms with van der Waals surface area (Å²) in [7, 11) is 1.87. The van der Waals surface area contributed by atoms with Crippen LogP contribution in [0.25, 0.3) is 0 Å². The number of piperidine rings is 1. The van der Waals surface area contributed by atoms with Gasteiger partial charge in [-0.1, -0.05) is 6.92 Å². The van der Waals surface area contributed by atoms with Gasteiger partial charge in [-0.15, -0.1) is 0 Å². The lowest BCUT2D eigenvalue weighted by Gasteiger charge is -2.41. The fourth-order valence-corrected chi connectivity index (χ4v) is 2.33. The fourth-order valence-electron chi connectivity index (χ4n) is 2.33. The average Bonchev–Trinajstić information content (AvgIpc) is 2.21. The van der Waals surface area contributed by atoms with Gasteiger partial charge in [0.05, 0.1) is 6.42 Å². The molecule has 15 heavy (non-hydrogen) atoms. The zero-order valence-electron chi connectivity index (χ0n) is 9.75. The summed E-state index contributed by atoms with van der Waals surface area (Å²) in [5.41, 5.74) is -0.171. The Kier molecular flexibility index (Phi) is 4.54. The molecular weight excluding hydrogens is 192 g/mol.